The minimum atomic E-state index is -4.34. The summed E-state index contributed by atoms with van der Waals surface area (Å²) < 4.78 is 33.2. The molecule has 0 spiro atoms. The number of carbonyl (C=O) groups excluding carboxylic acids is 2. The fourth-order valence-corrected chi connectivity index (χ4v) is 4.02. The van der Waals surface area contributed by atoms with Crippen LogP contribution in [0.1, 0.15) is 84.5 Å². The summed E-state index contributed by atoms with van der Waals surface area (Å²) in [6, 6.07) is 0. The predicted molar refractivity (Wildman–Crippen MR) is 164 cm³/mol. The third-order valence-corrected chi connectivity index (χ3v) is 6.66. The predicted octanol–water partition coefficient (Wildman–Crippen LogP) is 6.84. The molecule has 2 atom stereocenters. The fourth-order valence-electron chi connectivity index (χ4n) is 3.28. The minimum absolute atomic E-state index is 0.0227. The normalized spacial score (nSPS) is 14.8. The quantitative estimate of drug-likeness (QED) is 0.0399. The van der Waals surface area contributed by atoms with E-state index in [9.17, 15) is 19.0 Å². The molecule has 2 unspecified atom stereocenters. The Kier molecular flexibility index (Phi) is 23.3. The lowest BCUT2D eigenvalue weighted by Gasteiger charge is -2.24. The maximum absolute atomic E-state index is 12.3. The fraction of sp³-hybridized carbons (Fsp3) is 0.677. The number of nitrogens with zero attached hydrogens (tertiary/aromatic N) is 1. The lowest BCUT2D eigenvalue weighted by Crippen LogP contribution is -2.37. The van der Waals surface area contributed by atoms with Gasteiger partial charge >= 0.3 is 19.8 Å². The Bertz CT molecular complexity index is 861. The Morgan fingerprint density at radius 3 is 1.95 bits per heavy atom. The van der Waals surface area contributed by atoms with Crippen molar-refractivity contribution in [3.8, 4) is 0 Å². The van der Waals surface area contributed by atoms with Crippen molar-refractivity contribution in [2.45, 2.75) is 90.6 Å². The molecule has 0 amide bonds. The standard InChI is InChI=1S/C31H54NO8P/c1-6-8-9-10-11-12-13-14-15-16-17-18-19-20-21-22-23-24-31(34)40-29(27-37-30(33)7-2)28-39-41(35,36)38-26-25-32(3,4)5/h8-9,11-12,14-15,17-18,29H,6-7,10,13,16,19-28H2,1-5H3/p+1/b9-8-,12-11-,15-14-,18-17-. The number of phosphoric acid groups is 1. The zero-order valence-electron chi connectivity index (χ0n) is 26.0. The largest absolute Gasteiger partial charge is 0.472 e. The molecule has 1 N–H and O–H groups in total. The minimum Gasteiger partial charge on any atom is -0.462 e. The van der Waals surface area contributed by atoms with E-state index in [0.717, 1.165) is 51.4 Å². The second-order valence-electron chi connectivity index (χ2n) is 10.7. The first kappa shape index (κ1) is 39.0. The summed E-state index contributed by atoms with van der Waals surface area (Å²) >= 11 is 0. The van der Waals surface area contributed by atoms with Gasteiger partial charge in [-0.15, -0.1) is 0 Å². The van der Waals surface area contributed by atoms with E-state index in [1.54, 1.807) is 6.92 Å². The van der Waals surface area contributed by atoms with Crippen molar-refractivity contribution in [1.82, 2.24) is 0 Å². The van der Waals surface area contributed by atoms with Crippen LogP contribution in [-0.4, -0.2) is 74.9 Å². The highest BCUT2D eigenvalue weighted by Crippen LogP contribution is 2.43. The van der Waals surface area contributed by atoms with Gasteiger partial charge in [0, 0.05) is 12.8 Å². The molecular weight excluding hydrogens is 545 g/mol. The molecule has 0 radical (unpaired) electrons. The molecule has 10 heteroatoms. The molecule has 0 heterocycles. The van der Waals surface area contributed by atoms with Gasteiger partial charge in [-0.25, -0.2) is 4.57 Å². The zero-order valence-corrected chi connectivity index (χ0v) is 26.9. The van der Waals surface area contributed by atoms with Crippen LogP contribution in [0.15, 0.2) is 48.6 Å². The van der Waals surface area contributed by atoms with Crippen molar-refractivity contribution in [2.75, 3.05) is 47.5 Å². The summed E-state index contributed by atoms with van der Waals surface area (Å²) in [5, 5.41) is 0. The highest BCUT2D eigenvalue weighted by atomic mass is 31.2. The summed E-state index contributed by atoms with van der Waals surface area (Å²) in [6.45, 7) is 3.63. The monoisotopic (exact) mass is 600 g/mol. The Hall–Kier alpha value is -2.03. The maximum atomic E-state index is 12.3. The molecule has 236 valence electrons. The molecule has 0 aliphatic heterocycles. The summed E-state index contributed by atoms with van der Waals surface area (Å²) in [4.78, 5) is 33.8. The Labute approximate surface area is 248 Å². The van der Waals surface area contributed by atoms with E-state index in [0.29, 0.717) is 17.4 Å². The Morgan fingerprint density at radius 2 is 1.37 bits per heavy atom. The van der Waals surface area contributed by atoms with E-state index in [1.165, 1.54) is 0 Å². The van der Waals surface area contributed by atoms with E-state index >= 15 is 0 Å². The number of carbonyl (C=O) groups is 2. The first-order valence-corrected chi connectivity index (χ1v) is 16.4. The number of hydrogen-bond donors (Lipinski definition) is 1. The molecule has 0 rings (SSSR count). The Morgan fingerprint density at radius 1 is 0.780 bits per heavy atom. The van der Waals surface area contributed by atoms with Gasteiger partial charge in [-0.3, -0.25) is 18.6 Å². The second-order valence-corrected chi connectivity index (χ2v) is 12.2. The summed E-state index contributed by atoms with van der Waals surface area (Å²) in [5.74, 6) is -0.936. The highest BCUT2D eigenvalue weighted by molar-refractivity contribution is 7.47. The van der Waals surface area contributed by atoms with Crippen LogP contribution in [0.25, 0.3) is 0 Å². The molecule has 0 saturated carbocycles. The van der Waals surface area contributed by atoms with Crippen LogP contribution < -0.4 is 0 Å². The second kappa shape index (κ2) is 24.6. The number of ether oxygens (including phenoxy) is 2. The van der Waals surface area contributed by atoms with Crippen LogP contribution in [0.5, 0.6) is 0 Å². The number of likely N-dealkylation sites (N-methyl/N-ethyl adjacent to an activating group) is 1. The van der Waals surface area contributed by atoms with E-state index in [2.05, 4.69) is 55.5 Å². The molecule has 0 aliphatic carbocycles. The molecule has 0 aliphatic rings. The van der Waals surface area contributed by atoms with Crippen molar-refractivity contribution < 1.29 is 42.1 Å². The van der Waals surface area contributed by atoms with E-state index in [-0.39, 0.29) is 26.1 Å². The van der Waals surface area contributed by atoms with Gasteiger partial charge in [0.15, 0.2) is 6.10 Å². The lowest BCUT2D eigenvalue weighted by atomic mass is 10.1. The van der Waals surface area contributed by atoms with Gasteiger partial charge in [0.2, 0.25) is 0 Å². The number of quaternary nitrogens is 1. The van der Waals surface area contributed by atoms with E-state index in [1.807, 2.05) is 21.1 Å². The van der Waals surface area contributed by atoms with Crippen molar-refractivity contribution >= 4 is 19.8 Å². The van der Waals surface area contributed by atoms with Gasteiger partial charge in [-0.1, -0.05) is 75.3 Å². The first-order valence-electron chi connectivity index (χ1n) is 14.9. The molecule has 41 heavy (non-hydrogen) atoms. The molecule has 0 aromatic heterocycles. The topological polar surface area (TPSA) is 108 Å². The van der Waals surface area contributed by atoms with Gasteiger partial charge in [0.05, 0.1) is 27.7 Å². The molecule has 0 saturated heterocycles. The SMILES string of the molecule is CC/C=C\C/C=C\C/C=C\C/C=C\CCCCCCC(=O)OC(COC(=O)CC)COP(=O)(O)OCC[N+](C)(C)C. The van der Waals surface area contributed by atoms with Gasteiger partial charge in [-0.05, 0) is 44.9 Å². The van der Waals surface area contributed by atoms with Gasteiger partial charge in [-0.2, -0.15) is 0 Å². The van der Waals surface area contributed by atoms with E-state index < -0.39 is 32.5 Å². The number of unbranched alkanes of at least 4 members (excludes halogenated alkanes) is 4. The van der Waals surface area contributed by atoms with Crippen LogP contribution in [0.3, 0.4) is 0 Å². The van der Waals surface area contributed by atoms with Crippen LogP contribution in [0, 0.1) is 0 Å². The summed E-state index contributed by atoms with van der Waals surface area (Å²) in [7, 11) is 1.44. The van der Waals surface area contributed by atoms with Crippen molar-refractivity contribution in [3.05, 3.63) is 48.6 Å². The first-order chi connectivity index (χ1) is 19.5. The van der Waals surface area contributed by atoms with Crippen LogP contribution >= 0.6 is 7.82 Å². The van der Waals surface area contributed by atoms with E-state index in [4.69, 9.17) is 18.5 Å². The highest BCUT2D eigenvalue weighted by Gasteiger charge is 2.26. The molecule has 0 bridgehead atoms. The summed E-state index contributed by atoms with van der Waals surface area (Å²) in [6.07, 6.45) is 25.4. The number of hydrogen-bond acceptors (Lipinski definition) is 7. The number of phosphoric ester groups is 1. The van der Waals surface area contributed by atoms with Gasteiger partial charge in [0.1, 0.15) is 19.8 Å². The number of esters is 2. The van der Waals surface area contributed by atoms with Crippen molar-refractivity contribution in [1.29, 1.82) is 0 Å². The average molecular weight is 601 g/mol. The smallest absolute Gasteiger partial charge is 0.462 e. The Balaban J connectivity index is 4.21. The number of rotatable bonds is 25. The van der Waals surface area contributed by atoms with Gasteiger partial charge in [0.25, 0.3) is 0 Å². The molecule has 9 nitrogen and oxygen atoms in total. The van der Waals surface area contributed by atoms with Crippen molar-refractivity contribution in [3.63, 3.8) is 0 Å². The summed E-state index contributed by atoms with van der Waals surface area (Å²) in [5.41, 5.74) is 0. The number of allylic oxidation sites excluding steroid dienone is 8. The van der Waals surface area contributed by atoms with Crippen molar-refractivity contribution in [2.24, 2.45) is 0 Å². The van der Waals surface area contributed by atoms with Crippen LogP contribution in [0.2, 0.25) is 0 Å². The van der Waals surface area contributed by atoms with Crippen LogP contribution in [0.4, 0.5) is 0 Å². The van der Waals surface area contributed by atoms with Crippen LogP contribution in [-0.2, 0) is 32.7 Å². The molecular formula is C31H55NO8P+. The third-order valence-electron chi connectivity index (χ3n) is 5.68. The average Bonchev–Trinajstić information content (AvgIpc) is 2.90. The molecule has 0 aromatic rings. The molecule has 0 fully saturated rings. The zero-order chi connectivity index (χ0) is 30.8. The molecule has 0 aromatic carbocycles. The third kappa shape index (κ3) is 27.9. The maximum Gasteiger partial charge on any atom is 0.472 e. The lowest BCUT2D eigenvalue weighted by molar-refractivity contribution is -0.870. The van der Waals surface area contributed by atoms with Gasteiger partial charge < -0.3 is 18.9 Å².